The molecule has 8 atom stereocenters. The zero-order valence-corrected chi connectivity index (χ0v) is 21.2. The Balaban J connectivity index is 1.47. The van der Waals surface area contributed by atoms with Gasteiger partial charge < -0.3 is 4.74 Å². The van der Waals surface area contributed by atoms with E-state index in [1.807, 2.05) is 0 Å². The summed E-state index contributed by atoms with van der Waals surface area (Å²) >= 11 is 0. The van der Waals surface area contributed by atoms with Crippen molar-refractivity contribution in [3.63, 3.8) is 0 Å². The minimum atomic E-state index is -0.115. The summed E-state index contributed by atoms with van der Waals surface area (Å²) in [7, 11) is 0. The van der Waals surface area contributed by atoms with E-state index in [0.29, 0.717) is 10.8 Å². The first-order valence-corrected chi connectivity index (χ1v) is 13.5. The van der Waals surface area contributed by atoms with Gasteiger partial charge >= 0.3 is 5.97 Å². The summed E-state index contributed by atoms with van der Waals surface area (Å²) in [6, 6.07) is 0. The summed E-state index contributed by atoms with van der Waals surface area (Å²) in [5.74, 6) is 5.19. The zero-order valence-electron chi connectivity index (χ0n) is 21.2. The molecule has 4 aliphatic carbocycles. The predicted molar refractivity (Wildman–Crippen MR) is 129 cm³/mol. The molecule has 3 saturated carbocycles. The topological polar surface area (TPSA) is 26.3 Å². The Morgan fingerprint density at radius 1 is 1.06 bits per heavy atom. The van der Waals surface area contributed by atoms with E-state index in [1.165, 1.54) is 57.8 Å². The molecule has 0 heterocycles. The third-order valence-corrected chi connectivity index (χ3v) is 10.6. The SMILES string of the molecule is CC(=O)O[C@@H]1CC[C@]2(C)C(=CCC3C4CCC(C(C)CCCC(C)C)[C@]4(C)CCC32)C1. The molecule has 0 radical (unpaired) electrons. The molecule has 0 spiro atoms. The third-order valence-electron chi connectivity index (χ3n) is 10.6. The highest BCUT2D eigenvalue weighted by Gasteiger charge is 2.59. The molecule has 0 N–H and O–H groups in total. The lowest BCUT2D eigenvalue weighted by atomic mass is 9.47. The molecular formula is C29H48O2. The van der Waals surface area contributed by atoms with Crippen LogP contribution in [0.2, 0.25) is 0 Å². The second-order valence-corrected chi connectivity index (χ2v) is 12.8. The fourth-order valence-corrected chi connectivity index (χ4v) is 8.99. The molecule has 2 heteroatoms. The number of hydrogen-bond acceptors (Lipinski definition) is 2. The second kappa shape index (κ2) is 8.86. The fourth-order valence-electron chi connectivity index (χ4n) is 8.99. The molecule has 4 aliphatic rings. The average Bonchev–Trinajstić information content (AvgIpc) is 3.05. The van der Waals surface area contributed by atoms with Crippen molar-refractivity contribution < 1.29 is 9.53 Å². The van der Waals surface area contributed by atoms with Gasteiger partial charge in [-0.2, -0.15) is 0 Å². The standard InChI is InChI=1S/C29H48O2/c1-19(2)8-7-9-20(3)25-12-13-26-24-11-10-22-18-23(31-21(4)30)14-16-28(22,5)27(24)15-17-29(25,26)6/h10,19-20,23-27H,7-9,11-18H2,1-6H3/t20?,23-,24?,25?,26?,27?,28-,29+/m1/s1. The molecule has 0 aliphatic heterocycles. The zero-order chi connectivity index (χ0) is 22.4. The van der Waals surface area contributed by atoms with Crippen LogP contribution in [0.15, 0.2) is 11.6 Å². The van der Waals surface area contributed by atoms with Crippen LogP contribution < -0.4 is 0 Å². The van der Waals surface area contributed by atoms with Crippen molar-refractivity contribution in [1.29, 1.82) is 0 Å². The van der Waals surface area contributed by atoms with Gasteiger partial charge in [0.1, 0.15) is 6.10 Å². The van der Waals surface area contributed by atoms with Crippen molar-refractivity contribution in [3.05, 3.63) is 11.6 Å². The number of hydrogen-bond donors (Lipinski definition) is 0. The van der Waals surface area contributed by atoms with E-state index < -0.39 is 0 Å². The summed E-state index contributed by atoms with van der Waals surface area (Å²) in [6.07, 6.45) is 17.2. The van der Waals surface area contributed by atoms with E-state index in [2.05, 4.69) is 40.7 Å². The molecule has 176 valence electrons. The molecule has 3 fully saturated rings. The van der Waals surface area contributed by atoms with Crippen molar-refractivity contribution in [2.24, 2.45) is 46.3 Å². The quantitative estimate of drug-likeness (QED) is 0.317. The number of carbonyl (C=O) groups is 1. The maximum absolute atomic E-state index is 11.5. The minimum absolute atomic E-state index is 0.115. The van der Waals surface area contributed by atoms with Gasteiger partial charge in [-0.25, -0.2) is 0 Å². The first-order chi connectivity index (χ1) is 14.6. The van der Waals surface area contributed by atoms with Crippen LogP contribution in [0.3, 0.4) is 0 Å². The largest absolute Gasteiger partial charge is 0.462 e. The lowest BCUT2D eigenvalue weighted by Crippen LogP contribution is -2.51. The Morgan fingerprint density at radius 3 is 2.55 bits per heavy atom. The number of fused-ring (bicyclic) bond motifs is 5. The second-order valence-electron chi connectivity index (χ2n) is 12.8. The summed E-state index contributed by atoms with van der Waals surface area (Å²) in [4.78, 5) is 11.5. The molecule has 0 amide bonds. The molecular weight excluding hydrogens is 380 g/mol. The Hall–Kier alpha value is -0.790. The number of carbonyl (C=O) groups excluding carboxylic acids is 1. The summed E-state index contributed by atoms with van der Waals surface area (Å²) in [5.41, 5.74) is 2.53. The first-order valence-electron chi connectivity index (χ1n) is 13.5. The van der Waals surface area contributed by atoms with Gasteiger partial charge in [-0.15, -0.1) is 0 Å². The molecule has 0 saturated heterocycles. The Bertz CT molecular complexity index is 693. The Labute approximate surface area is 192 Å². The van der Waals surface area contributed by atoms with Crippen molar-refractivity contribution in [1.82, 2.24) is 0 Å². The van der Waals surface area contributed by atoms with Gasteiger partial charge in [0.05, 0.1) is 0 Å². The number of ether oxygens (including phenoxy) is 1. The van der Waals surface area contributed by atoms with E-state index >= 15 is 0 Å². The Kier molecular flexibility index (Phi) is 6.68. The van der Waals surface area contributed by atoms with E-state index in [0.717, 1.165) is 48.3 Å². The van der Waals surface area contributed by atoms with Gasteiger partial charge in [0.25, 0.3) is 0 Å². The van der Waals surface area contributed by atoms with Crippen LogP contribution in [0, 0.1) is 46.3 Å². The first kappa shape index (κ1) is 23.4. The fraction of sp³-hybridized carbons (Fsp3) is 0.897. The van der Waals surface area contributed by atoms with Crippen LogP contribution in [0.1, 0.15) is 112 Å². The van der Waals surface area contributed by atoms with Crippen LogP contribution >= 0.6 is 0 Å². The molecule has 0 aromatic carbocycles. The molecule has 4 rings (SSSR count). The van der Waals surface area contributed by atoms with Gasteiger partial charge in [0.15, 0.2) is 0 Å². The Morgan fingerprint density at radius 2 is 1.84 bits per heavy atom. The summed E-state index contributed by atoms with van der Waals surface area (Å²) < 4.78 is 5.61. The smallest absolute Gasteiger partial charge is 0.302 e. The van der Waals surface area contributed by atoms with Crippen LogP contribution in [-0.2, 0) is 9.53 Å². The molecule has 0 aromatic rings. The van der Waals surface area contributed by atoms with Crippen molar-refractivity contribution in [2.75, 3.05) is 0 Å². The maximum atomic E-state index is 11.5. The van der Waals surface area contributed by atoms with Crippen LogP contribution in [-0.4, -0.2) is 12.1 Å². The van der Waals surface area contributed by atoms with Crippen molar-refractivity contribution in [3.8, 4) is 0 Å². The van der Waals surface area contributed by atoms with E-state index in [9.17, 15) is 4.79 Å². The number of rotatable bonds is 6. The van der Waals surface area contributed by atoms with E-state index in [-0.39, 0.29) is 12.1 Å². The average molecular weight is 429 g/mol. The van der Waals surface area contributed by atoms with Crippen LogP contribution in [0.25, 0.3) is 0 Å². The third kappa shape index (κ3) is 4.26. The normalized spacial score (nSPS) is 42.9. The predicted octanol–water partition coefficient (Wildman–Crippen LogP) is 7.96. The molecule has 5 unspecified atom stereocenters. The lowest BCUT2D eigenvalue weighted by molar-refractivity contribution is -0.148. The van der Waals surface area contributed by atoms with Gasteiger partial charge in [-0.05, 0) is 91.3 Å². The lowest BCUT2D eigenvalue weighted by Gasteiger charge is -2.58. The number of esters is 1. The maximum Gasteiger partial charge on any atom is 0.302 e. The minimum Gasteiger partial charge on any atom is -0.462 e. The highest BCUT2D eigenvalue weighted by Crippen LogP contribution is 2.67. The van der Waals surface area contributed by atoms with Crippen LogP contribution in [0.4, 0.5) is 0 Å². The highest BCUT2D eigenvalue weighted by molar-refractivity contribution is 5.66. The monoisotopic (exact) mass is 428 g/mol. The van der Waals surface area contributed by atoms with E-state index in [1.54, 1.807) is 12.5 Å². The molecule has 2 nitrogen and oxygen atoms in total. The highest BCUT2D eigenvalue weighted by atomic mass is 16.5. The van der Waals surface area contributed by atoms with Gasteiger partial charge in [0.2, 0.25) is 0 Å². The van der Waals surface area contributed by atoms with Crippen molar-refractivity contribution >= 4 is 5.97 Å². The van der Waals surface area contributed by atoms with Crippen LogP contribution in [0.5, 0.6) is 0 Å². The molecule has 0 aromatic heterocycles. The van der Waals surface area contributed by atoms with Gasteiger partial charge in [-0.1, -0.05) is 65.5 Å². The van der Waals surface area contributed by atoms with Crippen molar-refractivity contribution in [2.45, 2.75) is 118 Å². The van der Waals surface area contributed by atoms with Gasteiger partial charge in [0, 0.05) is 13.3 Å². The van der Waals surface area contributed by atoms with E-state index in [4.69, 9.17) is 4.74 Å². The number of allylic oxidation sites excluding steroid dienone is 1. The summed E-state index contributed by atoms with van der Waals surface area (Å²) in [6.45, 7) is 14.1. The van der Waals surface area contributed by atoms with Gasteiger partial charge in [-0.3, -0.25) is 4.79 Å². The summed E-state index contributed by atoms with van der Waals surface area (Å²) in [5, 5.41) is 0. The molecule has 0 bridgehead atoms. The molecule has 31 heavy (non-hydrogen) atoms.